The molecule has 21 heavy (non-hydrogen) atoms. The Morgan fingerprint density at radius 1 is 1.29 bits per heavy atom. The number of hydrogen-bond donors (Lipinski definition) is 1. The minimum absolute atomic E-state index is 0.165. The molecule has 0 fully saturated rings. The Balaban J connectivity index is 1.63. The quantitative estimate of drug-likeness (QED) is 0.775. The Labute approximate surface area is 127 Å². The van der Waals surface area contributed by atoms with Gasteiger partial charge in [-0.05, 0) is 38.1 Å². The molecule has 0 saturated heterocycles. The first-order valence-corrected chi connectivity index (χ1v) is 7.76. The molecular formula is C16H17N3OS. The van der Waals surface area contributed by atoms with Crippen molar-refractivity contribution in [1.82, 2.24) is 15.3 Å². The molecule has 0 aliphatic heterocycles. The van der Waals surface area contributed by atoms with E-state index in [0.29, 0.717) is 6.54 Å². The minimum atomic E-state index is 0.165. The van der Waals surface area contributed by atoms with Crippen molar-refractivity contribution in [3.05, 3.63) is 59.1 Å². The van der Waals surface area contributed by atoms with E-state index in [-0.39, 0.29) is 6.04 Å². The number of nitrogens with zero attached hydrogens (tertiary/aromatic N) is 2. The smallest absolute Gasteiger partial charge is 0.142 e. The molecule has 1 unspecified atom stereocenters. The molecule has 0 saturated carbocycles. The van der Waals surface area contributed by atoms with Crippen LogP contribution in [0.25, 0.3) is 10.7 Å². The lowest BCUT2D eigenvalue weighted by Gasteiger charge is -2.09. The summed E-state index contributed by atoms with van der Waals surface area (Å²) in [7, 11) is 0. The van der Waals surface area contributed by atoms with Crippen molar-refractivity contribution in [3.63, 3.8) is 0 Å². The van der Waals surface area contributed by atoms with Gasteiger partial charge in [-0.25, -0.2) is 4.98 Å². The van der Waals surface area contributed by atoms with Crippen LogP contribution in [-0.4, -0.2) is 9.97 Å². The van der Waals surface area contributed by atoms with Crippen LogP contribution >= 0.6 is 11.3 Å². The number of hydrogen-bond acceptors (Lipinski definition) is 5. The average molecular weight is 299 g/mol. The lowest BCUT2D eigenvalue weighted by Crippen LogP contribution is -2.17. The van der Waals surface area contributed by atoms with Gasteiger partial charge >= 0.3 is 0 Å². The van der Waals surface area contributed by atoms with E-state index in [2.05, 4.69) is 27.6 Å². The first-order valence-electron chi connectivity index (χ1n) is 6.88. The molecule has 1 N–H and O–H groups in total. The second-order valence-corrected chi connectivity index (χ2v) is 5.77. The van der Waals surface area contributed by atoms with Crippen molar-refractivity contribution in [2.45, 2.75) is 26.4 Å². The zero-order valence-corrected chi connectivity index (χ0v) is 12.9. The predicted molar refractivity (Wildman–Crippen MR) is 84.0 cm³/mol. The standard InChI is InChI=1S/C16H17N3OS/c1-11-6-7-15(20-11)12(2)18-9-13-10-21-16(19-13)14-5-3-4-8-17-14/h3-8,10,12,18H,9H2,1-2H3. The molecule has 5 heteroatoms. The number of rotatable bonds is 5. The normalized spacial score (nSPS) is 12.5. The van der Waals surface area contributed by atoms with Gasteiger partial charge in [0.1, 0.15) is 16.5 Å². The topological polar surface area (TPSA) is 51.0 Å². The summed E-state index contributed by atoms with van der Waals surface area (Å²) in [6.07, 6.45) is 1.79. The Bertz CT molecular complexity index is 705. The highest BCUT2D eigenvalue weighted by molar-refractivity contribution is 7.13. The average Bonchev–Trinajstić information content (AvgIpc) is 3.15. The van der Waals surface area contributed by atoms with E-state index in [1.54, 1.807) is 17.5 Å². The van der Waals surface area contributed by atoms with Crippen LogP contribution in [0, 0.1) is 6.92 Å². The maximum atomic E-state index is 5.62. The Morgan fingerprint density at radius 2 is 2.19 bits per heavy atom. The number of aromatic nitrogens is 2. The summed E-state index contributed by atoms with van der Waals surface area (Å²) < 4.78 is 5.62. The van der Waals surface area contributed by atoms with Gasteiger partial charge in [-0.2, -0.15) is 0 Å². The van der Waals surface area contributed by atoms with Crippen LogP contribution in [0.2, 0.25) is 0 Å². The monoisotopic (exact) mass is 299 g/mol. The molecule has 3 aromatic rings. The molecule has 108 valence electrons. The molecule has 0 spiro atoms. The van der Waals surface area contributed by atoms with E-state index >= 15 is 0 Å². The number of aryl methyl sites for hydroxylation is 1. The molecule has 1 atom stereocenters. The number of pyridine rings is 1. The van der Waals surface area contributed by atoms with Crippen LogP contribution in [0.4, 0.5) is 0 Å². The van der Waals surface area contributed by atoms with Gasteiger partial charge in [-0.1, -0.05) is 6.07 Å². The maximum Gasteiger partial charge on any atom is 0.142 e. The van der Waals surface area contributed by atoms with Crippen molar-refractivity contribution in [2.24, 2.45) is 0 Å². The van der Waals surface area contributed by atoms with Crippen molar-refractivity contribution < 1.29 is 4.42 Å². The molecule has 0 amide bonds. The number of nitrogens with one attached hydrogen (secondary N) is 1. The van der Waals surface area contributed by atoms with Crippen molar-refractivity contribution in [2.75, 3.05) is 0 Å². The van der Waals surface area contributed by atoms with Crippen LogP contribution in [0.3, 0.4) is 0 Å². The molecule has 3 heterocycles. The van der Waals surface area contributed by atoms with Crippen molar-refractivity contribution >= 4 is 11.3 Å². The van der Waals surface area contributed by atoms with E-state index < -0.39 is 0 Å². The van der Waals surface area contributed by atoms with Crippen LogP contribution in [0.15, 0.2) is 46.3 Å². The van der Waals surface area contributed by atoms with Crippen molar-refractivity contribution in [1.29, 1.82) is 0 Å². The number of furan rings is 1. The highest BCUT2D eigenvalue weighted by Crippen LogP contribution is 2.22. The fourth-order valence-electron chi connectivity index (χ4n) is 2.04. The Morgan fingerprint density at radius 3 is 2.90 bits per heavy atom. The Kier molecular flexibility index (Phi) is 4.13. The van der Waals surface area contributed by atoms with Crippen LogP contribution in [0.1, 0.15) is 30.2 Å². The van der Waals surface area contributed by atoms with E-state index in [1.807, 2.05) is 37.3 Å². The summed E-state index contributed by atoms with van der Waals surface area (Å²) in [5.74, 6) is 1.89. The minimum Gasteiger partial charge on any atom is -0.465 e. The van der Waals surface area contributed by atoms with Gasteiger partial charge in [0.2, 0.25) is 0 Å². The van der Waals surface area contributed by atoms with Gasteiger partial charge in [0, 0.05) is 18.1 Å². The van der Waals surface area contributed by atoms with Gasteiger partial charge in [-0.15, -0.1) is 11.3 Å². The van der Waals surface area contributed by atoms with Crippen molar-refractivity contribution in [3.8, 4) is 10.7 Å². The lowest BCUT2D eigenvalue weighted by molar-refractivity contribution is 0.415. The summed E-state index contributed by atoms with van der Waals surface area (Å²) in [5.41, 5.74) is 1.94. The summed E-state index contributed by atoms with van der Waals surface area (Å²) in [5, 5.41) is 6.44. The zero-order chi connectivity index (χ0) is 14.7. The lowest BCUT2D eigenvalue weighted by atomic mass is 10.2. The molecular weight excluding hydrogens is 282 g/mol. The second-order valence-electron chi connectivity index (χ2n) is 4.91. The zero-order valence-electron chi connectivity index (χ0n) is 12.0. The molecule has 0 aliphatic carbocycles. The Hall–Kier alpha value is -1.98. The third-order valence-corrected chi connectivity index (χ3v) is 4.13. The molecule has 3 aromatic heterocycles. The van der Waals surface area contributed by atoms with E-state index in [1.165, 1.54) is 0 Å². The van der Waals surface area contributed by atoms with Crippen LogP contribution in [0.5, 0.6) is 0 Å². The highest BCUT2D eigenvalue weighted by Gasteiger charge is 2.10. The molecule has 0 aliphatic rings. The number of thiazole rings is 1. The van der Waals surface area contributed by atoms with Gasteiger partial charge in [0.25, 0.3) is 0 Å². The van der Waals surface area contributed by atoms with E-state index in [4.69, 9.17) is 4.42 Å². The van der Waals surface area contributed by atoms with Crippen LogP contribution < -0.4 is 5.32 Å². The molecule has 0 radical (unpaired) electrons. The largest absolute Gasteiger partial charge is 0.465 e. The van der Waals surface area contributed by atoms with E-state index in [9.17, 15) is 0 Å². The fraction of sp³-hybridized carbons (Fsp3) is 0.250. The fourth-order valence-corrected chi connectivity index (χ4v) is 2.83. The predicted octanol–water partition coefficient (Wildman–Crippen LogP) is 3.96. The molecule has 0 bridgehead atoms. The van der Waals surface area contributed by atoms with Crippen LogP contribution in [-0.2, 0) is 6.54 Å². The third kappa shape index (κ3) is 3.37. The maximum absolute atomic E-state index is 5.62. The SMILES string of the molecule is Cc1ccc(C(C)NCc2csc(-c3ccccn3)n2)o1. The second kappa shape index (κ2) is 6.20. The first-order chi connectivity index (χ1) is 10.2. The first kappa shape index (κ1) is 14.0. The summed E-state index contributed by atoms with van der Waals surface area (Å²) >= 11 is 1.62. The highest BCUT2D eigenvalue weighted by atomic mass is 32.1. The van der Waals surface area contributed by atoms with Gasteiger partial charge < -0.3 is 9.73 Å². The molecule has 0 aromatic carbocycles. The summed E-state index contributed by atoms with van der Waals surface area (Å²) in [6.45, 7) is 4.75. The van der Waals surface area contributed by atoms with Gasteiger partial charge in [0.15, 0.2) is 0 Å². The molecule has 3 rings (SSSR count). The van der Waals surface area contributed by atoms with Gasteiger partial charge in [-0.3, -0.25) is 4.98 Å². The molecule has 4 nitrogen and oxygen atoms in total. The van der Waals surface area contributed by atoms with Gasteiger partial charge in [0.05, 0.1) is 17.4 Å². The van der Waals surface area contributed by atoms with E-state index in [0.717, 1.165) is 27.9 Å². The summed E-state index contributed by atoms with van der Waals surface area (Å²) in [6, 6.07) is 10.0. The third-order valence-electron chi connectivity index (χ3n) is 3.21. The summed E-state index contributed by atoms with van der Waals surface area (Å²) in [4.78, 5) is 8.93.